The van der Waals surface area contributed by atoms with Crippen LogP contribution >= 0.6 is 0 Å². The molecule has 1 saturated carbocycles. The van der Waals surface area contributed by atoms with Crippen molar-refractivity contribution in [3.63, 3.8) is 0 Å². The lowest BCUT2D eigenvalue weighted by atomic mass is 10.1. The topological polar surface area (TPSA) is 93.5 Å². The van der Waals surface area contributed by atoms with Crippen molar-refractivity contribution in [3.8, 4) is 5.75 Å². The summed E-state index contributed by atoms with van der Waals surface area (Å²) in [4.78, 5) is 25.7. The van der Waals surface area contributed by atoms with Crippen LogP contribution in [0.4, 0.5) is 0 Å². The summed E-state index contributed by atoms with van der Waals surface area (Å²) in [6.45, 7) is 0.400. The third-order valence-corrected chi connectivity index (χ3v) is 5.36. The van der Waals surface area contributed by atoms with Gasteiger partial charge in [0.05, 0.1) is 31.3 Å². The van der Waals surface area contributed by atoms with E-state index in [0.717, 1.165) is 17.7 Å². The van der Waals surface area contributed by atoms with Crippen molar-refractivity contribution in [1.82, 2.24) is 15.1 Å². The van der Waals surface area contributed by atoms with Gasteiger partial charge in [0.2, 0.25) is 5.43 Å². The van der Waals surface area contributed by atoms with Gasteiger partial charge in [-0.25, -0.2) is 0 Å². The zero-order valence-corrected chi connectivity index (χ0v) is 16.2. The summed E-state index contributed by atoms with van der Waals surface area (Å²) >= 11 is 0. The maximum atomic E-state index is 12.9. The third-order valence-electron chi connectivity index (χ3n) is 5.36. The van der Waals surface area contributed by atoms with Gasteiger partial charge in [-0.1, -0.05) is 24.3 Å². The first kappa shape index (κ1) is 19.1. The van der Waals surface area contributed by atoms with Gasteiger partial charge < -0.3 is 15.2 Å². The largest absolute Gasteiger partial charge is 0.497 e. The van der Waals surface area contributed by atoms with Gasteiger partial charge in [-0.05, 0) is 49.1 Å². The number of nitrogens with one attached hydrogen (secondary N) is 1. The fourth-order valence-electron chi connectivity index (χ4n) is 3.76. The van der Waals surface area contributed by atoms with Crippen LogP contribution in [-0.2, 0) is 6.54 Å². The molecule has 1 aromatic heterocycles. The van der Waals surface area contributed by atoms with Crippen molar-refractivity contribution in [1.29, 1.82) is 0 Å². The Morgan fingerprint density at radius 3 is 2.66 bits per heavy atom. The number of benzene rings is 2. The Labute approximate surface area is 167 Å². The molecule has 0 aliphatic heterocycles. The molecule has 1 fully saturated rings. The standard InChI is InChI=1S/C22H23N3O4/c1-29-15-11-9-14(10-12-15)13-25-18-7-3-2-5-16(18)21(27)20(24-25)22(28)23-17-6-4-8-19(17)26/h2-3,5,7,9-12,17,19,26H,4,6,8,13H2,1H3,(H,23,28)/t17-,19?/m0/s1. The minimum atomic E-state index is -0.582. The highest BCUT2D eigenvalue weighted by Crippen LogP contribution is 2.19. The molecule has 1 aliphatic carbocycles. The number of aromatic nitrogens is 2. The monoisotopic (exact) mass is 393 g/mol. The van der Waals surface area contributed by atoms with E-state index < -0.39 is 17.4 Å². The normalized spacial score (nSPS) is 18.7. The van der Waals surface area contributed by atoms with E-state index >= 15 is 0 Å². The molecule has 4 rings (SSSR count). The van der Waals surface area contributed by atoms with Crippen molar-refractivity contribution in [3.05, 3.63) is 70.0 Å². The Morgan fingerprint density at radius 1 is 1.21 bits per heavy atom. The van der Waals surface area contributed by atoms with Crippen LogP contribution in [0.15, 0.2) is 53.3 Å². The first-order chi connectivity index (χ1) is 14.1. The van der Waals surface area contributed by atoms with E-state index in [-0.39, 0.29) is 11.7 Å². The SMILES string of the molecule is COc1ccc(Cn2nc(C(=O)N[C@H]3CCCC3O)c(=O)c3ccccc32)cc1. The van der Waals surface area contributed by atoms with E-state index in [1.165, 1.54) is 0 Å². The maximum Gasteiger partial charge on any atom is 0.276 e. The Morgan fingerprint density at radius 2 is 1.97 bits per heavy atom. The van der Waals surface area contributed by atoms with Crippen molar-refractivity contribution < 1.29 is 14.6 Å². The Kier molecular flexibility index (Phi) is 5.31. The molecule has 29 heavy (non-hydrogen) atoms. The first-order valence-corrected chi connectivity index (χ1v) is 9.68. The van der Waals surface area contributed by atoms with E-state index in [1.54, 1.807) is 23.9 Å². The molecule has 0 spiro atoms. The van der Waals surface area contributed by atoms with Crippen LogP contribution in [0.25, 0.3) is 10.9 Å². The number of rotatable bonds is 5. The Balaban J connectivity index is 1.72. The van der Waals surface area contributed by atoms with Gasteiger partial charge in [0.1, 0.15) is 5.75 Å². The average molecular weight is 393 g/mol. The molecule has 1 amide bonds. The molecule has 1 heterocycles. The molecule has 1 aliphatic rings. The van der Waals surface area contributed by atoms with E-state index in [2.05, 4.69) is 10.4 Å². The van der Waals surface area contributed by atoms with Gasteiger partial charge in [0.15, 0.2) is 5.69 Å². The second kappa shape index (κ2) is 8.05. The molecule has 150 valence electrons. The molecule has 0 saturated heterocycles. The van der Waals surface area contributed by atoms with Crippen LogP contribution in [0.2, 0.25) is 0 Å². The fourth-order valence-corrected chi connectivity index (χ4v) is 3.76. The number of hydrogen-bond acceptors (Lipinski definition) is 5. The van der Waals surface area contributed by atoms with Gasteiger partial charge >= 0.3 is 0 Å². The molecule has 3 aromatic rings. The molecule has 1 unspecified atom stereocenters. The quantitative estimate of drug-likeness (QED) is 0.692. The second-order valence-electron chi connectivity index (χ2n) is 7.28. The third kappa shape index (κ3) is 3.86. The molecule has 2 aromatic carbocycles. The predicted octanol–water partition coefficient (Wildman–Crippen LogP) is 2.10. The summed E-state index contributed by atoms with van der Waals surface area (Å²) in [6.07, 6.45) is 1.61. The van der Waals surface area contributed by atoms with E-state index in [1.807, 2.05) is 36.4 Å². The Hall–Kier alpha value is -3.19. The van der Waals surface area contributed by atoms with E-state index in [4.69, 9.17) is 4.74 Å². The summed E-state index contributed by atoms with van der Waals surface area (Å²) in [5.41, 5.74) is 1.06. The van der Waals surface area contributed by atoms with Crippen molar-refractivity contribution in [2.24, 2.45) is 0 Å². The highest BCUT2D eigenvalue weighted by Gasteiger charge is 2.28. The summed E-state index contributed by atoms with van der Waals surface area (Å²) < 4.78 is 6.86. The minimum Gasteiger partial charge on any atom is -0.497 e. The molecule has 0 bridgehead atoms. The predicted molar refractivity (Wildman–Crippen MR) is 109 cm³/mol. The zero-order valence-electron chi connectivity index (χ0n) is 16.2. The number of amides is 1. The van der Waals surface area contributed by atoms with Gasteiger partial charge in [-0.2, -0.15) is 5.10 Å². The number of carbonyl (C=O) groups excluding carboxylic acids is 1. The minimum absolute atomic E-state index is 0.156. The number of hydrogen-bond donors (Lipinski definition) is 2. The first-order valence-electron chi connectivity index (χ1n) is 9.68. The molecule has 7 nitrogen and oxygen atoms in total. The highest BCUT2D eigenvalue weighted by molar-refractivity contribution is 5.95. The lowest BCUT2D eigenvalue weighted by Gasteiger charge is -2.17. The van der Waals surface area contributed by atoms with E-state index in [9.17, 15) is 14.7 Å². The number of aliphatic hydroxyl groups excluding tert-OH is 1. The average Bonchev–Trinajstić information content (AvgIpc) is 3.15. The molecular formula is C22H23N3O4. The van der Waals surface area contributed by atoms with Crippen LogP contribution in [0.5, 0.6) is 5.75 Å². The van der Waals surface area contributed by atoms with Gasteiger partial charge in [0, 0.05) is 5.39 Å². The fraction of sp³-hybridized carbons (Fsp3) is 0.318. The number of fused-ring (bicyclic) bond motifs is 1. The molecule has 2 atom stereocenters. The van der Waals surface area contributed by atoms with Gasteiger partial charge in [-0.15, -0.1) is 0 Å². The van der Waals surface area contributed by atoms with Gasteiger partial charge in [0.25, 0.3) is 5.91 Å². The second-order valence-corrected chi connectivity index (χ2v) is 7.28. The zero-order chi connectivity index (χ0) is 20.4. The van der Waals surface area contributed by atoms with Crippen LogP contribution in [-0.4, -0.2) is 40.0 Å². The molecule has 0 radical (unpaired) electrons. The summed E-state index contributed by atoms with van der Waals surface area (Å²) in [7, 11) is 1.61. The van der Waals surface area contributed by atoms with Crippen molar-refractivity contribution in [2.45, 2.75) is 38.0 Å². The number of nitrogens with zero attached hydrogens (tertiary/aromatic N) is 2. The van der Waals surface area contributed by atoms with Crippen LogP contribution in [0.1, 0.15) is 35.3 Å². The summed E-state index contributed by atoms with van der Waals surface area (Å²) in [5.74, 6) is 0.205. The molecule has 7 heteroatoms. The van der Waals surface area contributed by atoms with Crippen LogP contribution in [0, 0.1) is 0 Å². The highest BCUT2D eigenvalue weighted by atomic mass is 16.5. The lowest BCUT2D eigenvalue weighted by Crippen LogP contribution is -2.42. The molecular weight excluding hydrogens is 370 g/mol. The number of ether oxygens (including phenoxy) is 1. The smallest absolute Gasteiger partial charge is 0.276 e. The summed E-state index contributed by atoms with van der Waals surface area (Å²) in [5, 5.41) is 17.6. The molecule has 2 N–H and O–H groups in total. The number of carbonyl (C=O) groups is 1. The van der Waals surface area contributed by atoms with E-state index in [0.29, 0.717) is 30.3 Å². The van der Waals surface area contributed by atoms with Crippen LogP contribution in [0.3, 0.4) is 0 Å². The number of methoxy groups -OCH3 is 1. The van der Waals surface area contributed by atoms with Crippen molar-refractivity contribution >= 4 is 16.8 Å². The Bertz CT molecular complexity index is 1090. The van der Waals surface area contributed by atoms with Gasteiger partial charge in [-0.3, -0.25) is 14.3 Å². The van der Waals surface area contributed by atoms with Crippen molar-refractivity contribution in [2.75, 3.05) is 7.11 Å². The summed E-state index contributed by atoms with van der Waals surface area (Å²) in [6, 6.07) is 14.3. The number of aliphatic hydroxyl groups is 1. The lowest BCUT2D eigenvalue weighted by molar-refractivity contribution is 0.0865. The maximum absolute atomic E-state index is 12.9. The van der Waals surface area contributed by atoms with Crippen LogP contribution < -0.4 is 15.5 Å². The number of para-hydroxylation sites is 1.